The van der Waals surface area contributed by atoms with E-state index in [2.05, 4.69) is 20.8 Å². The minimum atomic E-state index is -0.470. The van der Waals surface area contributed by atoms with Crippen molar-refractivity contribution >= 4 is 0 Å². The quantitative estimate of drug-likeness (QED) is 0.478. The average molecular weight is 360 g/mol. The average Bonchev–Trinajstić information content (AvgIpc) is 2.69. The van der Waals surface area contributed by atoms with Crippen LogP contribution >= 0.6 is 0 Å². The number of rotatable bonds is 11. The molecule has 0 aliphatic heterocycles. The second kappa shape index (κ2) is 10.7. The van der Waals surface area contributed by atoms with Gasteiger partial charge in [-0.3, -0.25) is 0 Å². The van der Waals surface area contributed by atoms with Crippen molar-refractivity contribution in [3.63, 3.8) is 0 Å². The molecule has 2 aromatic carbocycles. The monoisotopic (exact) mass is 360 g/mol. The fourth-order valence-corrected chi connectivity index (χ4v) is 2.57. The van der Waals surface area contributed by atoms with Crippen molar-refractivity contribution in [3.8, 4) is 28.4 Å². The Labute approximate surface area is 156 Å². The zero-order valence-corrected chi connectivity index (χ0v) is 16.0. The summed E-state index contributed by atoms with van der Waals surface area (Å²) in [6, 6.07) is 11.3. The van der Waals surface area contributed by atoms with Crippen molar-refractivity contribution in [2.75, 3.05) is 19.8 Å². The van der Waals surface area contributed by atoms with Crippen molar-refractivity contribution in [2.24, 2.45) is 0 Å². The summed E-state index contributed by atoms with van der Waals surface area (Å²) in [5.41, 5.74) is 2.49. The third-order valence-electron chi connectivity index (χ3n) is 3.83. The van der Waals surface area contributed by atoms with Crippen LogP contribution in [0.4, 0.5) is 4.39 Å². The van der Waals surface area contributed by atoms with Gasteiger partial charge in [0.1, 0.15) is 23.9 Å². The van der Waals surface area contributed by atoms with Crippen molar-refractivity contribution in [1.82, 2.24) is 0 Å². The number of ether oxygens (including phenoxy) is 3. The van der Waals surface area contributed by atoms with Gasteiger partial charge in [0.15, 0.2) is 0 Å². The Morgan fingerprint density at radius 3 is 1.69 bits per heavy atom. The molecule has 0 saturated heterocycles. The van der Waals surface area contributed by atoms with E-state index < -0.39 is 6.67 Å². The maximum Gasteiger partial charge on any atom is 0.134 e. The first-order chi connectivity index (χ1) is 12.7. The molecule has 0 saturated carbocycles. The van der Waals surface area contributed by atoms with Gasteiger partial charge in [0.05, 0.1) is 25.4 Å². The molecule has 0 bridgehead atoms. The van der Waals surface area contributed by atoms with Gasteiger partial charge in [-0.2, -0.15) is 0 Å². The lowest BCUT2D eigenvalue weighted by Crippen LogP contribution is -2.04. The SMILES string of the molecule is CCCOc1cc(OCCC)c(-c2ccc(CF)cc2)c(OCCC)c1. The fourth-order valence-electron chi connectivity index (χ4n) is 2.57. The van der Waals surface area contributed by atoms with E-state index in [0.29, 0.717) is 25.4 Å². The van der Waals surface area contributed by atoms with E-state index in [9.17, 15) is 4.39 Å². The molecule has 0 amide bonds. The summed E-state index contributed by atoms with van der Waals surface area (Å²) >= 11 is 0. The van der Waals surface area contributed by atoms with Gasteiger partial charge in [0.25, 0.3) is 0 Å². The maximum atomic E-state index is 12.9. The molecular formula is C22H29FO3. The molecule has 26 heavy (non-hydrogen) atoms. The van der Waals surface area contributed by atoms with E-state index in [4.69, 9.17) is 14.2 Å². The van der Waals surface area contributed by atoms with Crippen LogP contribution in [0.5, 0.6) is 17.2 Å². The molecule has 0 aliphatic rings. The summed E-state index contributed by atoms with van der Waals surface area (Å²) in [7, 11) is 0. The number of benzene rings is 2. The van der Waals surface area contributed by atoms with Gasteiger partial charge in [0, 0.05) is 12.1 Å². The molecule has 0 heterocycles. The third-order valence-corrected chi connectivity index (χ3v) is 3.83. The van der Waals surface area contributed by atoms with Gasteiger partial charge in [-0.15, -0.1) is 0 Å². The molecule has 0 unspecified atom stereocenters. The minimum Gasteiger partial charge on any atom is -0.493 e. The Morgan fingerprint density at radius 1 is 0.731 bits per heavy atom. The van der Waals surface area contributed by atoms with Crippen LogP contribution in [0.15, 0.2) is 36.4 Å². The van der Waals surface area contributed by atoms with Crippen molar-refractivity contribution in [2.45, 2.75) is 46.7 Å². The van der Waals surface area contributed by atoms with E-state index in [0.717, 1.165) is 47.6 Å². The van der Waals surface area contributed by atoms with Gasteiger partial charge in [0.2, 0.25) is 0 Å². The molecule has 142 valence electrons. The van der Waals surface area contributed by atoms with Gasteiger partial charge in [-0.05, 0) is 30.4 Å². The second-order valence-electron chi connectivity index (χ2n) is 6.17. The first-order valence-corrected chi connectivity index (χ1v) is 9.45. The Hall–Kier alpha value is -2.23. The lowest BCUT2D eigenvalue weighted by atomic mass is 10.0. The van der Waals surface area contributed by atoms with Crippen LogP contribution < -0.4 is 14.2 Å². The predicted molar refractivity (Wildman–Crippen MR) is 104 cm³/mol. The standard InChI is InChI=1S/C22H29FO3/c1-4-11-24-19-14-20(25-12-5-2)22(21(15-19)26-13-6-3)18-9-7-17(16-23)8-10-18/h7-10,14-15H,4-6,11-13,16H2,1-3H3. The molecule has 2 aromatic rings. The number of halogens is 1. The van der Waals surface area contributed by atoms with Crippen molar-refractivity contribution in [3.05, 3.63) is 42.0 Å². The lowest BCUT2D eigenvalue weighted by Gasteiger charge is -2.18. The molecular weight excluding hydrogens is 331 g/mol. The van der Waals surface area contributed by atoms with Crippen LogP contribution in [0.1, 0.15) is 45.6 Å². The summed E-state index contributed by atoms with van der Waals surface area (Å²) in [4.78, 5) is 0. The van der Waals surface area contributed by atoms with Crippen LogP contribution in [0.3, 0.4) is 0 Å². The van der Waals surface area contributed by atoms with E-state index in [-0.39, 0.29) is 0 Å². The van der Waals surface area contributed by atoms with Crippen molar-refractivity contribution in [1.29, 1.82) is 0 Å². The molecule has 3 nitrogen and oxygen atoms in total. The van der Waals surface area contributed by atoms with Crippen LogP contribution in [-0.2, 0) is 6.67 Å². The number of hydrogen-bond acceptors (Lipinski definition) is 3. The highest BCUT2D eigenvalue weighted by Gasteiger charge is 2.17. The molecule has 4 heteroatoms. The topological polar surface area (TPSA) is 27.7 Å². The highest BCUT2D eigenvalue weighted by atomic mass is 19.1. The largest absolute Gasteiger partial charge is 0.493 e. The van der Waals surface area contributed by atoms with E-state index >= 15 is 0 Å². The van der Waals surface area contributed by atoms with E-state index in [1.807, 2.05) is 24.3 Å². The Bertz CT molecular complexity index is 639. The summed E-state index contributed by atoms with van der Waals surface area (Å²) < 4.78 is 30.7. The summed E-state index contributed by atoms with van der Waals surface area (Å²) in [6.45, 7) is 7.61. The molecule has 0 spiro atoms. The molecule has 0 aromatic heterocycles. The maximum absolute atomic E-state index is 12.9. The van der Waals surface area contributed by atoms with Gasteiger partial charge < -0.3 is 14.2 Å². The third kappa shape index (κ3) is 5.38. The molecule has 0 radical (unpaired) electrons. The summed E-state index contributed by atoms with van der Waals surface area (Å²) in [6.07, 6.45) is 2.75. The highest BCUT2D eigenvalue weighted by Crippen LogP contribution is 2.42. The van der Waals surface area contributed by atoms with Crippen molar-refractivity contribution < 1.29 is 18.6 Å². The molecule has 0 aliphatic carbocycles. The number of alkyl halides is 1. The Morgan fingerprint density at radius 2 is 1.23 bits per heavy atom. The smallest absolute Gasteiger partial charge is 0.134 e. The molecule has 0 fully saturated rings. The van der Waals surface area contributed by atoms with Crippen LogP contribution in [0.25, 0.3) is 11.1 Å². The second-order valence-corrected chi connectivity index (χ2v) is 6.17. The first-order valence-electron chi connectivity index (χ1n) is 9.45. The Balaban J connectivity index is 2.50. The molecule has 2 rings (SSSR count). The first kappa shape index (κ1) is 20.1. The summed E-state index contributed by atoms with van der Waals surface area (Å²) in [5, 5.41) is 0. The minimum absolute atomic E-state index is 0.470. The lowest BCUT2D eigenvalue weighted by molar-refractivity contribution is 0.288. The van der Waals surface area contributed by atoms with Gasteiger partial charge in [-0.1, -0.05) is 45.0 Å². The van der Waals surface area contributed by atoms with Crippen LogP contribution in [0.2, 0.25) is 0 Å². The van der Waals surface area contributed by atoms with E-state index in [1.54, 1.807) is 12.1 Å². The normalized spacial score (nSPS) is 10.6. The summed E-state index contributed by atoms with van der Waals surface area (Å²) in [5.74, 6) is 2.22. The zero-order chi connectivity index (χ0) is 18.8. The fraction of sp³-hybridized carbons (Fsp3) is 0.455. The van der Waals surface area contributed by atoms with E-state index in [1.165, 1.54) is 0 Å². The highest BCUT2D eigenvalue weighted by molar-refractivity contribution is 5.78. The zero-order valence-electron chi connectivity index (χ0n) is 16.0. The van der Waals surface area contributed by atoms with Crippen LogP contribution in [0, 0.1) is 0 Å². The predicted octanol–water partition coefficient (Wildman–Crippen LogP) is 6.19. The molecule has 0 N–H and O–H groups in total. The van der Waals surface area contributed by atoms with Crippen LogP contribution in [-0.4, -0.2) is 19.8 Å². The van der Waals surface area contributed by atoms with Gasteiger partial charge in [-0.25, -0.2) is 4.39 Å². The Kier molecular flexibility index (Phi) is 8.26. The van der Waals surface area contributed by atoms with Gasteiger partial charge >= 0.3 is 0 Å². The number of hydrogen-bond donors (Lipinski definition) is 0. The molecule has 0 atom stereocenters.